The molecule has 1 N–H and O–H groups in total. The van der Waals surface area contributed by atoms with Crippen LogP contribution in [0.1, 0.15) is 89.9 Å². The highest BCUT2D eigenvalue weighted by molar-refractivity contribution is 5.66. The lowest BCUT2D eigenvalue weighted by Crippen LogP contribution is -2.33. The highest BCUT2D eigenvalue weighted by Crippen LogP contribution is 2.79. The standard InChI is InChI=1S/C18H30O5/c19-16(20)14-12-10-8-6-4-2-1-3-5-7-9-11-13-15-17-18(21-15,22-17)23-17/h15H,1-14H2,(H,19,20). The van der Waals surface area contributed by atoms with Crippen molar-refractivity contribution in [3.63, 3.8) is 0 Å². The van der Waals surface area contributed by atoms with E-state index < -0.39 is 11.9 Å². The van der Waals surface area contributed by atoms with Crippen molar-refractivity contribution in [3.8, 4) is 0 Å². The van der Waals surface area contributed by atoms with Gasteiger partial charge in [-0.1, -0.05) is 70.6 Å². The Morgan fingerprint density at radius 1 is 0.783 bits per heavy atom. The Hall–Kier alpha value is -0.650. The van der Waals surface area contributed by atoms with Crippen LogP contribution < -0.4 is 0 Å². The predicted octanol–water partition coefficient (Wildman–Crippen LogP) is 4.34. The topological polar surface area (TPSA) is 71.6 Å². The Labute approximate surface area is 138 Å². The zero-order chi connectivity index (χ0) is 16.2. The number of unbranched alkanes of at least 4 members (excludes halogenated alkanes) is 11. The Morgan fingerprint density at radius 3 is 1.65 bits per heavy atom. The maximum Gasteiger partial charge on any atom is 0.349 e. The largest absolute Gasteiger partial charge is 0.481 e. The summed E-state index contributed by atoms with van der Waals surface area (Å²) in [6.07, 6.45) is 16.4. The van der Waals surface area contributed by atoms with Gasteiger partial charge < -0.3 is 9.84 Å². The van der Waals surface area contributed by atoms with Gasteiger partial charge in [0.15, 0.2) is 0 Å². The first kappa shape index (κ1) is 17.2. The van der Waals surface area contributed by atoms with Crippen molar-refractivity contribution in [2.75, 3.05) is 0 Å². The van der Waals surface area contributed by atoms with E-state index in [-0.39, 0.29) is 11.9 Å². The maximum atomic E-state index is 10.4. The number of carboxylic acids is 1. The monoisotopic (exact) mass is 326 g/mol. The van der Waals surface area contributed by atoms with Crippen LogP contribution in [-0.4, -0.2) is 28.9 Å². The van der Waals surface area contributed by atoms with E-state index in [9.17, 15) is 4.79 Å². The third kappa shape index (κ3) is 4.06. The van der Waals surface area contributed by atoms with Gasteiger partial charge in [-0.25, -0.2) is 0 Å². The molecule has 0 spiro atoms. The smallest absolute Gasteiger partial charge is 0.349 e. The second-order valence-electron chi connectivity index (χ2n) is 7.21. The van der Waals surface area contributed by atoms with Crippen molar-refractivity contribution < 1.29 is 24.1 Å². The van der Waals surface area contributed by atoms with Gasteiger partial charge in [0.25, 0.3) is 5.79 Å². The van der Waals surface area contributed by atoms with E-state index in [0.29, 0.717) is 6.42 Å². The van der Waals surface area contributed by atoms with E-state index >= 15 is 0 Å². The average Bonchev–Trinajstić information content (AvgIpc) is 3.20. The van der Waals surface area contributed by atoms with Gasteiger partial charge in [0, 0.05) is 6.42 Å². The van der Waals surface area contributed by atoms with Crippen LogP contribution in [0.15, 0.2) is 0 Å². The van der Waals surface area contributed by atoms with Gasteiger partial charge in [0.1, 0.15) is 6.10 Å². The third-order valence-electron chi connectivity index (χ3n) is 5.24. The Morgan fingerprint density at radius 2 is 1.26 bits per heavy atom. The molecule has 0 bridgehead atoms. The highest BCUT2D eigenvalue weighted by Gasteiger charge is 3.05. The van der Waals surface area contributed by atoms with Crippen molar-refractivity contribution in [2.24, 2.45) is 0 Å². The molecule has 3 rings (SSSR count). The van der Waals surface area contributed by atoms with E-state index in [0.717, 1.165) is 19.3 Å². The molecule has 3 aliphatic heterocycles. The SMILES string of the molecule is O=C(O)CCCCCCCCCCCCCCC1OC23OC12O3. The normalized spacial score (nSPS) is 32.8. The molecule has 0 amide bonds. The van der Waals surface area contributed by atoms with Crippen molar-refractivity contribution in [1.82, 2.24) is 0 Å². The van der Waals surface area contributed by atoms with Gasteiger partial charge in [0.2, 0.25) is 0 Å². The fourth-order valence-electron chi connectivity index (χ4n) is 3.64. The summed E-state index contributed by atoms with van der Waals surface area (Å²) < 4.78 is 16.1. The summed E-state index contributed by atoms with van der Waals surface area (Å²) in [7, 11) is 0. The molecule has 0 radical (unpaired) electrons. The fourth-order valence-corrected chi connectivity index (χ4v) is 3.64. The molecular weight excluding hydrogens is 296 g/mol. The molecule has 0 aliphatic carbocycles. The van der Waals surface area contributed by atoms with Gasteiger partial charge in [-0.05, 0) is 12.8 Å². The molecule has 3 aliphatic rings. The molecular formula is C18H30O5. The number of hydrogen-bond acceptors (Lipinski definition) is 4. The summed E-state index contributed by atoms with van der Waals surface area (Å²) in [6, 6.07) is 0. The van der Waals surface area contributed by atoms with Crippen LogP contribution in [-0.2, 0) is 19.0 Å². The number of rotatable bonds is 15. The lowest BCUT2D eigenvalue weighted by atomic mass is 10.0. The van der Waals surface area contributed by atoms with Crippen LogP contribution in [0.2, 0.25) is 0 Å². The van der Waals surface area contributed by atoms with E-state index in [1.807, 2.05) is 0 Å². The van der Waals surface area contributed by atoms with Crippen molar-refractivity contribution >= 4 is 5.97 Å². The summed E-state index contributed by atoms with van der Waals surface area (Å²) in [5.74, 6) is -1.46. The van der Waals surface area contributed by atoms with E-state index in [2.05, 4.69) is 0 Å². The summed E-state index contributed by atoms with van der Waals surface area (Å²) in [5.41, 5.74) is 0. The van der Waals surface area contributed by atoms with Crippen molar-refractivity contribution in [3.05, 3.63) is 0 Å². The number of epoxide rings is 2. The Balaban J connectivity index is 0.995. The first-order chi connectivity index (χ1) is 11.2. The number of ether oxygens (including phenoxy) is 3. The maximum absolute atomic E-state index is 10.4. The first-order valence-electron chi connectivity index (χ1n) is 9.48. The predicted molar refractivity (Wildman–Crippen MR) is 84.8 cm³/mol. The molecule has 0 aromatic rings. The number of carboxylic acid groups (broad SMARTS) is 1. The minimum absolute atomic E-state index is 0.206. The zero-order valence-corrected chi connectivity index (χ0v) is 14.1. The highest BCUT2D eigenvalue weighted by atomic mass is 17.2. The second kappa shape index (κ2) is 7.49. The Kier molecular flexibility index (Phi) is 5.60. The van der Waals surface area contributed by atoms with Crippen LogP contribution >= 0.6 is 0 Å². The molecule has 5 heteroatoms. The van der Waals surface area contributed by atoms with Crippen LogP contribution in [0.25, 0.3) is 0 Å². The van der Waals surface area contributed by atoms with Crippen LogP contribution in [0.4, 0.5) is 0 Å². The van der Waals surface area contributed by atoms with E-state index in [1.54, 1.807) is 0 Å². The van der Waals surface area contributed by atoms with Gasteiger partial charge in [-0.3, -0.25) is 14.3 Å². The molecule has 1 unspecified atom stereocenters. The van der Waals surface area contributed by atoms with Gasteiger partial charge in [0.05, 0.1) is 0 Å². The summed E-state index contributed by atoms with van der Waals surface area (Å²) >= 11 is 0. The van der Waals surface area contributed by atoms with Gasteiger partial charge in [-0.15, -0.1) is 0 Å². The third-order valence-corrected chi connectivity index (χ3v) is 5.24. The molecule has 5 nitrogen and oxygen atoms in total. The molecule has 3 saturated heterocycles. The van der Waals surface area contributed by atoms with Gasteiger partial charge >= 0.3 is 11.9 Å². The molecule has 0 aromatic heterocycles. The lowest BCUT2D eigenvalue weighted by Gasteiger charge is -2.15. The van der Waals surface area contributed by atoms with Crippen molar-refractivity contribution in [1.29, 1.82) is 0 Å². The molecule has 1 atom stereocenters. The van der Waals surface area contributed by atoms with Crippen molar-refractivity contribution in [2.45, 2.75) is 108 Å². The molecule has 132 valence electrons. The lowest BCUT2D eigenvalue weighted by molar-refractivity contribution is -0.143. The van der Waals surface area contributed by atoms with E-state index in [1.165, 1.54) is 64.2 Å². The van der Waals surface area contributed by atoms with Crippen LogP contribution in [0.5, 0.6) is 0 Å². The molecule has 3 fully saturated rings. The number of aliphatic carboxylic acids is 1. The minimum atomic E-state index is -0.667. The Bertz CT molecular complexity index is 402. The first-order valence-corrected chi connectivity index (χ1v) is 9.48. The molecule has 3 heterocycles. The second-order valence-corrected chi connectivity index (χ2v) is 7.21. The summed E-state index contributed by atoms with van der Waals surface area (Å²) in [6.45, 7) is 0. The number of hydrogen-bond donors (Lipinski definition) is 1. The minimum Gasteiger partial charge on any atom is -0.481 e. The number of carbonyl (C=O) groups is 1. The van der Waals surface area contributed by atoms with Crippen LogP contribution in [0, 0.1) is 0 Å². The van der Waals surface area contributed by atoms with Gasteiger partial charge in [-0.2, -0.15) is 0 Å². The quantitative estimate of drug-likeness (QED) is 0.358. The molecule has 0 saturated carbocycles. The molecule has 23 heavy (non-hydrogen) atoms. The summed E-state index contributed by atoms with van der Waals surface area (Å²) in [4.78, 5) is 10.4. The molecule has 0 aromatic carbocycles. The fraction of sp³-hybridized carbons (Fsp3) is 0.944. The van der Waals surface area contributed by atoms with Crippen LogP contribution in [0.3, 0.4) is 0 Å². The van der Waals surface area contributed by atoms with E-state index in [4.69, 9.17) is 19.3 Å². The zero-order valence-electron chi connectivity index (χ0n) is 14.1. The average molecular weight is 326 g/mol. The summed E-state index contributed by atoms with van der Waals surface area (Å²) in [5, 5.41) is 8.54.